The van der Waals surface area contributed by atoms with Crippen LogP contribution in [0.2, 0.25) is 0 Å². The lowest BCUT2D eigenvalue weighted by Crippen LogP contribution is -2.34. The predicted molar refractivity (Wildman–Crippen MR) is 196 cm³/mol. The van der Waals surface area contributed by atoms with E-state index in [0.29, 0.717) is 47.2 Å². The van der Waals surface area contributed by atoms with Crippen LogP contribution in [0.5, 0.6) is 5.88 Å². The van der Waals surface area contributed by atoms with E-state index in [4.69, 9.17) is 19.6 Å². The van der Waals surface area contributed by atoms with Gasteiger partial charge in [-0.15, -0.1) is 0 Å². The average Bonchev–Trinajstić information content (AvgIpc) is 3.58. The van der Waals surface area contributed by atoms with Crippen molar-refractivity contribution in [2.45, 2.75) is 39.6 Å². The lowest BCUT2D eigenvalue weighted by Gasteiger charge is -2.29. The maximum absolute atomic E-state index is 14.6. The quantitative estimate of drug-likeness (QED) is 0.156. The minimum atomic E-state index is -0.561. The van der Waals surface area contributed by atoms with Gasteiger partial charge in [0, 0.05) is 30.9 Å². The third kappa shape index (κ3) is 7.48. The fourth-order valence-electron chi connectivity index (χ4n) is 6.09. The molecule has 4 heterocycles. The molecule has 0 radical (unpaired) electrons. The zero-order valence-corrected chi connectivity index (χ0v) is 28.7. The number of aromatic nitrogens is 4. The summed E-state index contributed by atoms with van der Waals surface area (Å²) in [7, 11) is 0. The molecule has 2 amide bonds. The Morgan fingerprint density at radius 1 is 1.00 bits per heavy atom. The summed E-state index contributed by atoms with van der Waals surface area (Å²) in [4.78, 5) is 37.4. The van der Waals surface area contributed by atoms with Crippen molar-refractivity contribution in [3.05, 3.63) is 131 Å². The number of fused-ring (bicyclic) bond motifs is 2. The van der Waals surface area contributed by atoms with Crippen molar-refractivity contribution in [2.24, 2.45) is 0 Å². The molecule has 3 aromatic heterocycles. The van der Waals surface area contributed by atoms with Gasteiger partial charge in [-0.2, -0.15) is 9.61 Å². The number of halogens is 1. The second-order valence-corrected chi connectivity index (χ2v) is 12.3. The fourth-order valence-corrected chi connectivity index (χ4v) is 6.09. The Morgan fingerprint density at radius 3 is 2.37 bits per heavy atom. The number of pyridine rings is 1. The molecule has 1 aliphatic heterocycles. The highest BCUT2D eigenvalue weighted by Gasteiger charge is 2.28. The van der Waals surface area contributed by atoms with Crippen molar-refractivity contribution < 1.29 is 23.5 Å². The van der Waals surface area contributed by atoms with Crippen LogP contribution in [0.15, 0.2) is 103 Å². The Hall–Kier alpha value is -6.50. The molecule has 264 valence electrons. The number of nitrogens with zero attached hydrogens (tertiary/aromatic N) is 5. The maximum atomic E-state index is 14.6. The molecule has 6 aromatic rings. The summed E-state index contributed by atoms with van der Waals surface area (Å²) < 4.78 is 27.5. The van der Waals surface area contributed by atoms with Gasteiger partial charge in [0.05, 0.1) is 31.1 Å². The molecule has 7 rings (SSSR count). The smallest absolute Gasteiger partial charge is 0.411 e. The van der Waals surface area contributed by atoms with Crippen LogP contribution in [0, 0.1) is 5.82 Å². The Kier molecular flexibility index (Phi) is 9.91. The first-order chi connectivity index (χ1) is 25.4. The maximum Gasteiger partial charge on any atom is 0.411 e. The SMILES string of the molecule is CCOC(=O)Nc1ccc(-c2c3nc4c(cnn4c2N(Cc2ccccc2)Cc2ccccc2)C(=O)NC[C@H](C)Oc2ncc(F)cc2CN3)cc1. The molecule has 3 N–H and O–H groups in total. The molecule has 52 heavy (non-hydrogen) atoms. The van der Waals surface area contributed by atoms with Crippen LogP contribution in [0.3, 0.4) is 0 Å². The zero-order chi connectivity index (χ0) is 36.0. The number of ether oxygens (including phenoxy) is 2. The fraction of sp³-hybridized carbons (Fsp3) is 0.205. The number of rotatable bonds is 8. The van der Waals surface area contributed by atoms with Gasteiger partial charge in [0.15, 0.2) is 5.65 Å². The van der Waals surface area contributed by atoms with E-state index in [1.807, 2.05) is 48.5 Å². The molecule has 0 saturated heterocycles. The molecule has 1 atom stereocenters. The first-order valence-corrected chi connectivity index (χ1v) is 17.0. The van der Waals surface area contributed by atoms with Gasteiger partial charge in [-0.1, -0.05) is 72.8 Å². The van der Waals surface area contributed by atoms with Gasteiger partial charge < -0.3 is 25.0 Å². The van der Waals surface area contributed by atoms with Gasteiger partial charge in [-0.3, -0.25) is 10.1 Å². The van der Waals surface area contributed by atoms with Crippen molar-refractivity contribution in [3.63, 3.8) is 0 Å². The van der Waals surface area contributed by atoms with Crippen LogP contribution in [0.25, 0.3) is 16.8 Å². The highest BCUT2D eigenvalue weighted by molar-refractivity contribution is 6.01. The van der Waals surface area contributed by atoms with E-state index >= 15 is 0 Å². The van der Waals surface area contributed by atoms with Crippen LogP contribution in [-0.2, 0) is 24.4 Å². The number of hydrogen-bond donors (Lipinski definition) is 3. The molecule has 3 aromatic carbocycles. The number of carbonyl (C=O) groups is 2. The summed E-state index contributed by atoms with van der Waals surface area (Å²) in [6.07, 6.45) is 1.59. The molecule has 2 bridgehead atoms. The summed E-state index contributed by atoms with van der Waals surface area (Å²) in [5.74, 6) is 0.420. The normalized spacial score (nSPS) is 14.1. The van der Waals surface area contributed by atoms with E-state index in [0.717, 1.165) is 22.9 Å². The summed E-state index contributed by atoms with van der Waals surface area (Å²) in [6, 6.07) is 28.8. The van der Waals surface area contributed by atoms with Crippen LogP contribution in [0.1, 0.15) is 40.9 Å². The molecule has 0 aliphatic carbocycles. The van der Waals surface area contributed by atoms with Crippen LogP contribution >= 0.6 is 0 Å². The van der Waals surface area contributed by atoms with Gasteiger partial charge in [0.2, 0.25) is 5.88 Å². The Morgan fingerprint density at radius 2 is 1.69 bits per heavy atom. The van der Waals surface area contributed by atoms with Crippen molar-refractivity contribution in [1.29, 1.82) is 0 Å². The number of carbonyl (C=O) groups excluding carboxylic acids is 2. The second kappa shape index (κ2) is 15.2. The molecule has 0 unspecified atom stereocenters. The number of anilines is 3. The van der Waals surface area contributed by atoms with Crippen LogP contribution < -0.4 is 25.6 Å². The van der Waals surface area contributed by atoms with E-state index in [1.165, 1.54) is 12.3 Å². The summed E-state index contributed by atoms with van der Waals surface area (Å²) in [5, 5.41) is 13.9. The third-order valence-corrected chi connectivity index (χ3v) is 8.50. The third-order valence-electron chi connectivity index (χ3n) is 8.50. The molecular formula is C39H37FN8O4. The summed E-state index contributed by atoms with van der Waals surface area (Å²) in [5.41, 5.74) is 5.11. The first kappa shape index (κ1) is 34.0. The molecular weight excluding hydrogens is 663 g/mol. The monoisotopic (exact) mass is 700 g/mol. The van der Waals surface area contributed by atoms with Gasteiger partial charge >= 0.3 is 6.09 Å². The largest absolute Gasteiger partial charge is 0.473 e. The Balaban J connectivity index is 1.46. The Bertz CT molecular complexity index is 2150. The van der Waals surface area contributed by atoms with Crippen molar-refractivity contribution in [2.75, 3.05) is 28.7 Å². The van der Waals surface area contributed by atoms with Gasteiger partial charge in [0.1, 0.15) is 29.1 Å². The van der Waals surface area contributed by atoms with E-state index in [9.17, 15) is 14.0 Å². The standard InChI is InChI=1S/C39H37FN8O4/c1-3-51-39(50)45-31-16-14-28(15-17-31)33-34-41-20-29-18-30(40)21-43-37(29)52-25(2)19-42-36(49)32-22-44-48(35(32)46-34)38(33)47(23-26-10-6-4-7-11-26)24-27-12-8-5-9-13-27/h4-18,21-22,25H,3,19-20,23-24H2,1-2H3,(H,41,46)(H,42,49)(H,45,50)/t25-/m0/s1. The number of amides is 2. The van der Waals surface area contributed by atoms with Crippen molar-refractivity contribution >= 4 is 35.0 Å². The van der Waals surface area contributed by atoms with E-state index in [2.05, 4.69) is 50.1 Å². The van der Waals surface area contributed by atoms with Gasteiger partial charge in [-0.05, 0) is 48.7 Å². The van der Waals surface area contributed by atoms with Gasteiger partial charge in [-0.25, -0.2) is 19.2 Å². The minimum absolute atomic E-state index is 0.104. The van der Waals surface area contributed by atoms with E-state index in [1.54, 1.807) is 30.5 Å². The van der Waals surface area contributed by atoms with Crippen molar-refractivity contribution in [1.82, 2.24) is 24.9 Å². The number of hydrogen-bond acceptors (Lipinski definition) is 9. The minimum Gasteiger partial charge on any atom is -0.473 e. The number of benzene rings is 3. The topological polar surface area (TPSA) is 135 Å². The highest BCUT2D eigenvalue weighted by atomic mass is 19.1. The molecule has 1 aliphatic rings. The molecule has 0 spiro atoms. The van der Waals surface area contributed by atoms with Crippen LogP contribution in [0.4, 0.5) is 26.5 Å². The lowest BCUT2D eigenvalue weighted by atomic mass is 10.0. The van der Waals surface area contributed by atoms with E-state index < -0.39 is 18.0 Å². The summed E-state index contributed by atoms with van der Waals surface area (Å²) >= 11 is 0. The molecule has 12 nitrogen and oxygen atoms in total. The lowest BCUT2D eigenvalue weighted by molar-refractivity contribution is 0.0932. The van der Waals surface area contributed by atoms with Crippen LogP contribution in [-0.4, -0.2) is 50.8 Å². The first-order valence-electron chi connectivity index (χ1n) is 17.0. The Labute approximate surface area is 299 Å². The van der Waals surface area contributed by atoms with Gasteiger partial charge in [0.25, 0.3) is 5.91 Å². The van der Waals surface area contributed by atoms with Crippen molar-refractivity contribution in [3.8, 4) is 17.0 Å². The zero-order valence-electron chi connectivity index (χ0n) is 28.7. The van der Waals surface area contributed by atoms with E-state index in [-0.39, 0.29) is 37.0 Å². The highest BCUT2D eigenvalue weighted by Crippen LogP contribution is 2.40. The number of nitrogens with one attached hydrogen (secondary N) is 3. The summed E-state index contributed by atoms with van der Waals surface area (Å²) in [6.45, 7) is 5.01. The predicted octanol–water partition coefficient (Wildman–Crippen LogP) is 6.83. The molecule has 13 heteroatoms. The second-order valence-electron chi connectivity index (χ2n) is 12.3. The molecule has 0 saturated carbocycles. The average molecular weight is 701 g/mol. The molecule has 0 fully saturated rings.